The Hall–Kier alpha value is -2.22. The van der Waals surface area contributed by atoms with Crippen molar-refractivity contribution in [2.24, 2.45) is 23.7 Å². The number of benzene rings is 2. The van der Waals surface area contributed by atoms with Crippen molar-refractivity contribution in [1.29, 1.82) is 0 Å². The van der Waals surface area contributed by atoms with E-state index in [1.807, 2.05) is 0 Å². The summed E-state index contributed by atoms with van der Waals surface area (Å²) in [6, 6.07) is 9.22. The van der Waals surface area contributed by atoms with Crippen LogP contribution in [0.3, 0.4) is 0 Å². The Bertz CT molecular complexity index is 1190. The molecule has 6 rings (SSSR count). The fraction of sp³-hybridized carbons (Fsp3) is 0.641. The second-order valence-electron chi connectivity index (χ2n) is 18.0. The van der Waals surface area contributed by atoms with Crippen LogP contribution in [0.15, 0.2) is 29.8 Å². The van der Waals surface area contributed by atoms with Gasteiger partial charge in [0.05, 0.1) is 0 Å². The molecule has 0 saturated heterocycles. The van der Waals surface area contributed by atoms with E-state index in [-0.39, 0.29) is 21.7 Å². The van der Waals surface area contributed by atoms with Crippen molar-refractivity contribution < 1.29 is 10.2 Å². The number of aromatic hydroxyl groups is 2. The van der Waals surface area contributed by atoms with Crippen molar-refractivity contribution in [3.63, 3.8) is 0 Å². The van der Waals surface area contributed by atoms with E-state index in [0.717, 1.165) is 34.1 Å². The molecule has 2 aromatic rings. The summed E-state index contributed by atoms with van der Waals surface area (Å²) in [5.74, 6) is 3.92. The molecule has 4 aliphatic rings. The molecule has 4 bridgehead atoms. The molecule has 0 atom stereocenters. The quantitative estimate of drug-likeness (QED) is 0.386. The lowest BCUT2D eigenvalue weighted by molar-refractivity contribution is 0.0705. The summed E-state index contributed by atoms with van der Waals surface area (Å²) >= 11 is 0. The van der Waals surface area contributed by atoms with Gasteiger partial charge in [0.1, 0.15) is 11.5 Å². The number of hydrogen-bond acceptors (Lipinski definition) is 2. The molecule has 2 heteroatoms. The van der Waals surface area contributed by atoms with Gasteiger partial charge >= 0.3 is 0 Å². The Balaban J connectivity index is 1.90. The van der Waals surface area contributed by atoms with Crippen LogP contribution in [0.5, 0.6) is 11.5 Å². The molecule has 41 heavy (non-hydrogen) atoms. The van der Waals surface area contributed by atoms with E-state index >= 15 is 0 Å². The normalized spacial score (nSPS) is 24.7. The highest BCUT2D eigenvalue weighted by molar-refractivity contribution is 5.85. The highest BCUT2D eigenvalue weighted by Gasteiger charge is 2.47. The van der Waals surface area contributed by atoms with E-state index in [0.29, 0.717) is 23.3 Å². The van der Waals surface area contributed by atoms with Crippen LogP contribution in [0.1, 0.15) is 149 Å². The van der Waals surface area contributed by atoms with Crippen molar-refractivity contribution in [2.45, 2.75) is 137 Å². The fourth-order valence-corrected chi connectivity index (χ4v) is 8.44. The van der Waals surface area contributed by atoms with Crippen LogP contribution in [-0.4, -0.2) is 10.2 Å². The van der Waals surface area contributed by atoms with Crippen molar-refractivity contribution in [2.75, 3.05) is 0 Å². The molecule has 0 unspecified atom stereocenters. The third kappa shape index (κ3) is 5.50. The molecule has 0 radical (unpaired) electrons. The van der Waals surface area contributed by atoms with Gasteiger partial charge in [0.15, 0.2) is 0 Å². The average Bonchev–Trinajstić information content (AvgIpc) is 2.78. The number of hydrogen-bond donors (Lipinski definition) is 2. The first kappa shape index (κ1) is 30.2. The first-order chi connectivity index (χ1) is 18.7. The predicted molar refractivity (Wildman–Crippen MR) is 174 cm³/mol. The number of phenolic OH excluding ortho intramolecular Hbond substituents is 2. The van der Waals surface area contributed by atoms with Crippen molar-refractivity contribution in [1.82, 2.24) is 0 Å². The lowest BCUT2D eigenvalue weighted by Gasteiger charge is -2.52. The summed E-state index contributed by atoms with van der Waals surface area (Å²) < 4.78 is 0. The van der Waals surface area contributed by atoms with Gasteiger partial charge in [0.25, 0.3) is 0 Å². The number of allylic oxidation sites excluding steroid dienone is 1. The van der Waals surface area contributed by atoms with Gasteiger partial charge in [-0.3, -0.25) is 0 Å². The maximum atomic E-state index is 11.6. The molecule has 0 aliphatic heterocycles. The van der Waals surface area contributed by atoms with Gasteiger partial charge in [-0.15, -0.1) is 0 Å². The first-order valence-corrected chi connectivity index (χ1v) is 16.2. The Morgan fingerprint density at radius 2 is 0.756 bits per heavy atom. The zero-order chi connectivity index (χ0) is 30.4. The van der Waals surface area contributed by atoms with E-state index in [2.05, 4.69) is 107 Å². The van der Waals surface area contributed by atoms with E-state index in [9.17, 15) is 10.2 Å². The minimum absolute atomic E-state index is 0.192. The van der Waals surface area contributed by atoms with Crippen molar-refractivity contribution in [3.05, 3.63) is 63.2 Å². The van der Waals surface area contributed by atoms with Crippen LogP contribution in [-0.2, 0) is 21.7 Å². The van der Waals surface area contributed by atoms with E-state index in [1.54, 1.807) is 5.57 Å². The second kappa shape index (κ2) is 9.65. The zero-order valence-corrected chi connectivity index (χ0v) is 28.0. The molecule has 2 aromatic carbocycles. The summed E-state index contributed by atoms with van der Waals surface area (Å²) in [6.07, 6.45) is 6.70. The van der Waals surface area contributed by atoms with Gasteiger partial charge < -0.3 is 10.2 Å². The second-order valence-corrected chi connectivity index (χ2v) is 18.0. The van der Waals surface area contributed by atoms with Gasteiger partial charge in [-0.25, -0.2) is 0 Å². The number of rotatable bonds is 2. The number of phenols is 2. The van der Waals surface area contributed by atoms with E-state index in [4.69, 9.17) is 0 Å². The van der Waals surface area contributed by atoms with E-state index < -0.39 is 0 Å². The highest BCUT2D eigenvalue weighted by Crippen LogP contribution is 2.59. The largest absolute Gasteiger partial charge is 0.507 e. The standard InChI is InChI=1S/C39H56O2/c1-36(2,3)28-18-26(19-29(34(28)40)37(4,5)6)33(32-24-14-22-13-23(16-24)17-25(32)15-22)27-20-30(38(7,8)9)35(41)31(21-27)39(10,11)12/h18-25,40-41H,13-17H2,1-12H3. The molecular formula is C39H56O2. The van der Waals surface area contributed by atoms with E-state index in [1.165, 1.54) is 48.8 Å². The van der Waals surface area contributed by atoms with Crippen molar-refractivity contribution >= 4 is 5.57 Å². The lowest BCUT2D eigenvalue weighted by atomic mass is 9.53. The van der Waals surface area contributed by atoms with Gasteiger partial charge in [0.2, 0.25) is 0 Å². The van der Waals surface area contributed by atoms with Crippen LogP contribution in [0.25, 0.3) is 5.57 Å². The molecule has 4 aliphatic carbocycles. The predicted octanol–water partition coefficient (Wildman–Crippen LogP) is 10.5. The minimum atomic E-state index is -0.192. The molecule has 0 amide bonds. The maximum Gasteiger partial charge on any atom is 0.123 e. The smallest absolute Gasteiger partial charge is 0.123 e. The van der Waals surface area contributed by atoms with Gasteiger partial charge in [0, 0.05) is 22.3 Å². The summed E-state index contributed by atoms with van der Waals surface area (Å²) in [6.45, 7) is 26.5. The molecule has 2 nitrogen and oxygen atoms in total. The fourth-order valence-electron chi connectivity index (χ4n) is 8.44. The minimum Gasteiger partial charge on any atom is -0.507 e. The van der Waals surface area contributed by atoms with Gasteiger partial charge in [-0.1, -0.05) is 88.7 Å². The Labute approximate surface area is 250 Å². The molecule has 4 fully saturated rings. The monoisotopic (exact) mass is 556 g/mol. The maximum absolute atomic E-state index is 11.6. The summed E-state index contributed by atoms with van der Waals surface area (Å²) in [4.78, 5) is 0. The summed E-state index contributed by atoms with van der Waals surface area (Å²) in [5.41, 5.74) is 8.84. The van der Waals surface area contributed by atoms with Gasteiger partial charge in [-0.05, 0) is 118 Å². The third-order valence-corrected chi connectivity index (χ3v) is 10.3. The Kier molecular flexibility index (Phi) is 7.12. The molecule has 224 valence electrons. The average molecular weight is 557 g/mol. The van der Waals surface area contributed by atoms with Crippen molar-refractivity contribution in [3.8, 4) is 11.5 Å². The molecular weight excluding hydrogens is 500 g/mol. The van der Waals surface area contributed by atoms with Gasteiger partial charge in [-0.2, -0.15) is 0 Å². The first-order valence-electron chi connectivity index (χ1n) is 16.2. The Morgan fingerprint density at radius 1 is 0.488 bits per heavy atom. The van der Waals surface area contributed by atoms with Crippen LogP contribution < -0.4 is 0 Å². The molecule has 0 heterocycles. The van der Waals surface area contributed by atoms with Crippen LogP contribution in [0.4, 0.5) is 0 Å². The summed E-state index contributed by atoms with van der Waals surface area (Å²) in [7, 11) is 0. The zero-order valence-electron chi connectivity index (χ0n) is 28.0. The van der Waals surface area contributed by atoms with Crippen LogP contribution >= 0.6 is 0 Å². The Morgan fingerprint density at radius 3 is 1.00 bits per heavy atom. The molecule has 0 aromatic heterocycles. The topological polar surface area (TPSA) is 40.5 Å². The highest BCUT2D eigenvalue weighted by atomic mass is 16.3. The molecule has 0 spiro atoms. The SMILES string of the molecule is CC(C)(C)c1cc(C(=C2C3CC4CC(C3)CC2C4)c2cc(C(C)(C)C)c(O)c(C(C)(C)C)c2)cc(C(C)(C)C)c1O. The molecule has 2 N–H and O–H groups in total. The third-order valence-electron chi connectivity index (χ3n) is 10.3. The van der Waals surface area contributed by atoms with Crippen LogP contribution in [0.2, 0.25) is 0 Å². The molecule has 4 saturated carbocycles. The lowest BCUT2D eigenvalue weighted by Crippen LogP contribution is -2.41. The van der Waals surface area contributed by atoms with Crippen LogP contribution in [0, 0.1) is 23.7 Å². The summed E-state index contributed by atoms with van der Waals surface area (Å²) in [5, 5.41) is 23.3.